The third-order valence-electron chi connectivity index (χ3n) is 3.64. The van der Waals surface area contributed by atoms with Gasteiger partial charge >= 0.3 is 0 Å². The van der Waals surface area contributed by atoms with Crippen molar-refractivity contribution in [1.29, 1.82) is 0 Å². The molecule has 0 aliphatic heterocycles. The summed E-state index contributed by atoms with van der Waals surface area (Å²) in [6, 6.07) is 1.77. The first-order valence-electron chi connectivity index (χ1n) is 7.09. The van der Waals surface area contributed by atoms with Crippen molar-refractivity contribution in [3.63, 3.8) is 0 Å². The van der Waals surface area contributed by atoms with Gasteiger partial charge < -0.3 is 15.8 Å². The molecular weight excluding hydrogens is 240 g/mol. The lowest BCUT2D eigenvalue weighted by atomic mass is 9.82. The number of anilines is 1. The van der Waals surface area contributed by atoms with Gasteiger partial charge in [-0.3, -0.25) is 0 Å². The number of rotatable bonds is 9. The van der Waals surface area contributed by atoms with Crippen LogP contribution in [0.5, 0.6) is 5.88 Å². The summed E-state index contributed by atoms with van der Waals surface area (Å²) in [6.45, 7) is 8.53. The minimum Gasteiger partial charge on any atom is -0.478 e. The van der Waals surface area contributed by atoms with Gasteiger partial charge in [0.15, 0.2) is 0 Å². The van der Waals surface area contributed by atoms with Gasteiger partial charge in [0.2, 0.25) is 11.8 Å². The standard InChI is InChI=1S/C14H26N4O/c1-4-9-19-12-7-8-16-13(18-12)17-11-14(5-2,6-3)10-15/h7-8H,4-6,9-11,15H2,1-3H3,(H,16,17,18). The Balaban J connectivity index is 2.61. The van der Waals surface area contributed by atoms with Crippen molar-refractivity contribution in [2.45, 2.75) is 40.0 Å². The van der Waals surface area contributed by atoms with E-state index >= 15 is 0 Å². The van der Waals surface area contributed by atoms with E-state index in [0.717, 1.165) is 25.8 Å². The van der Waals surface area contributed by atoms with E-state index in [1.54, 1.807) is 12.3 Å². The highest BCUT2D eigenvalue weighted by Crippen LogP contribution is 2.25. The van der Waals surface area contributed by atoms with E-state index < -0.39 is 0 Å². The first-order chi connectivity index (χ1) is 9.19. The maximum atomic E-state index is 5.88. The lowest BCUT2D eigenvalue weighted by molar-refractivity contribution is 0.292. The van der Waals surface area contributed by atoms with E-state index in [-0.39, 0.29) is 5.41 Å². The number of nitrogens with two attached hydrogens (primary N) is 1. The zero-order valence-electron chi connectivity index (χ0n) is 12.3. The highest BCUT2D eigenvalue weighted by molar-refractivity contribution is 5.27. The van der Waals surface area contributed by atoms with Crippen LogP contribution in [0.2, 0.25) is 0 Å². The van der Waals surface area contributed by atoms with E-state index in [0.29, 0.717) is 25.0 Å². The van der Waals surface area contributed by atoms with Crippen LogP contribution in [-0.2, 0) is 0 Å². The van der Waals surface area contributed by atoms with Crippen LogP contribution in [0.3, 0.4) is 0 Å². The molecule has 5 heteroatoms. The summed E-state index contributed by atoms with van der Waals surface area (Å²) in [4.78, 5) is 8.54. The van der Waals surface area contributed by atoms with Crippen molar-refractivity contribution in [3.05, 3.63) is 12.3 Å². The Kier molecular flexibility index (Phi) is 6.56. The van der Waals surface area contributed by atoms with Gasteiger partial charge in [-0.2, -0.15) is 4.98 Å². The van der Waals surface area contributed by atoms with E-state index in [9.17, 15) is 0 Å². The minimum absolute atomic E-state index is 0.115. The fourth-order valence-electron chi connectivity index (χ4n) is 1.84. The Labute approximate surface area is 116 Å². The average Bonchev–Trinajstić information content (AvgIpc) is 2.47. The van der Waals surface area contributed by atoms with Crippen LogP contribution in [-0.4, -0.2) is 29.7 Å². The third kappa shape index (κ3) is 4.67. The van der Waals surface area contributed by atoms with Crippen LogP contribution in [0.25, 0.3) is 0 Å². The lowest BCUT2D eigenvalue weighted by Gasteiger charge is -2.30. The van der Waals surface area contributed by atoms with Crippen LogP contribution < -0.4 is 15.8 Å². The molecule has 1 aromatic heterocycles. The van der Waals surface area contributed by atoms with Crippen molar-refractivity contribution in [3.8, 4) is 5.88 Å². The van der Waals surface area contributed by atoms with Crippen LogP contribution in [0.15, 0.2) is 12.3 Å². The third-order valence-corrected chi connectivity index (χ3v) is 3.64. The summed E-state index contributed by atoms with van der Waals surface area (Å²) < 4.78 is 5.49. The van der Waals surface area contributed by atoms with E-state index in [4.69, 9.17) is 10.5 Å². The molecular formula is C14H26N4O. The molecule has 1 heterocycles. The van der Waals surface area contributed by atoms with Gasteiger partial charge in [0, 0.05) is 18.8 Å². The lowest BCUT2D eigenvalue weighted by Crippen LogP contribution is -2.36. The normalized spacial score (nSPS) is 11.4. The van der Waals surface area contributed by atoms with E-state index in [1.807, 2.05) is 0 Å². The largest absolute Gasteiger partial charge is 0.478 e. The second-order valence-corrected chi connectivity index (χ2v) is 4.83. The fraction of sp³-hybridized carbons (Fsp3) is 0.714. The molecule has 1 rings (SSSR count). The Hall–Kier alpha value is -1.36. The van der Waals surface area contributed by atoms with E-state index in [2.05, 4.69) is 36.1 Å². The molecule has 0 saturated heterocycles. The van der Waals surface area contributed by atoms with Crippen LogP contribution in [0.1, 0.15) is 40.0 Å². The molecule has 0 spiro atoms. The molecule has 0 saturated carbocycles. The van der Waals surface area contributed by atoms with Crippen LogP contribution >= 0.6 is 0 Å². The number of ether oxygens (including phenoxy) is 1. The number of nitrogens with one attached hydrogen (secondary N) is 1. The van der Waals surface area contributed by atoms with Crippen molar-refractivity contribution in [2.75, 3.05) is 25.0 Å². The summed E-state index contributed by atoms with van der Waals surface area (Å²) in [5, 5.41) is 3.27. The molecule has 0 bridgehead atoms. The zero-order valence-corrected chi connectivity index (χ0v) is 12.3. The molecule has 5 nitrogen and oxygen atoms in total. The minimum atomic E-state index is 0.115. The van der Waals surface area contributed by atoms with Gasteiger partial charge in [-0.25, -0.2) is 4.98 Å². The number of aromatic nitrogens is 2. The van der Waals surface area contributed by atoms with Crippen molar-refractivity contribution < 1.29 is 4.74 Å². The smallest absolute Gasteiger partial charge is 0.225 e. The molecule has 19 heavy (non-hydrogen) atoms. The predicted molar refractivity (Wildman–Crippen MR) is 78.4 cm³/mol. The fourth-order valence-corrected chi connectivity index (χ4v) is 1.84. The number of hydrogen-bond donors (Lipinski definition) is 2. The summed E-state index contributed by atoms with van der Waals surface area (Å²) in [7, 11) is 0. The maximum Gasteiger partial charge on any atom is 0.225 e. The van der Waals surface area contributed by atoms with Crippen molar-refractivity contribution in [2.24, 2.45) is 11.1 Å². The topological polar surface area (TPSA) is 73.1 Å². The summed E-state index contributed by atoms with van der Waals surface area (Å²) in [6.07, 6.45) is 4.76. The molecule has 0 aromatic carbocycles. The first kappa shape index (κ1) is 15.7. The molecule has 108 valence electrons. The van der Waals surface area contributed by atoms with Gasteiger partial charge in [-0.05, 0) is 31.2 Å². The second-order valence-electron chi connectivity index (χ2n) is 4.83. The van der Waals surface area contributed by atoms with Gasteiger partial charge in [0.05, 0.1) is 6.61 Å². The molecule has 0 amide bonds. The Morgan fingerprint density at radius 3 is 2.63 bits per heavy atom. The zero-order chi connectivity index (χ0) is 14.1. The summed E-state index contributed by atoms with van der Waals surface area (Å²) >= 11 is 0. The maximum absolute atomic E-state index is 5.88. The van der Waals surface area contributed by atoms with Gasteiger partial charge in [0.1, 0.15) is 0 Å². The summed E-state index contributed by atoms with van der Waals surface area (Å²) in [5.74, 6) is 1.22. The molecule has 0 atom stereocenters. The van der Waals surface area contributed by atoms with Crippen molar-refractivity contribution in [1.82, 2.24) is 9.97 Å². The van der Waals surface area contributed by atoms with Gasteiger partial charge in [-0.15, -0.1) is 0 Å². The molecule has 0 radical (unpaired) electrons. The first-order valence-corrected chi connectivity index (χ1v) is 7.09. The van der Waals surface area contributed by atoms with Gasteiger partial charge in [0.25, 0.3) is 0 Å². The second kappa shape index (κ2) is 7.94. The Morgan fingerprint density at radius 2 is 2.05 bits per heavy atom. The average molecular weight is 266 g/mol. The number of nitrogens with zero attached hydrogens (tertiary/aromatic N) is 2. The van der Waals surface area contributed by atoms with Crippen LogP contribution in [0, 0.1) is 5.41 Å². The molecule has 0 aliphatic rings. The summed E-state index contributed by atoms with van der Waals surface area (Å²) in [5.41, 5.74) is 6.00. The SMILES string of the molecule is CCCOc1ccnc(NCC(CC)(CC)CN)n1. The van der Waals surface area contributed by atoms with Gasteiger partial charge in [-0.1, -0.05) is 20.8 Å². The highest BCUT2D eigenvalue weighted by atomic mass is 16.5. The van der Waals surface area contributed by atoms with E-state index in [1.165, 1.54) is 0 Å². The predicted octanol–water partition coefficient (Wildman–Crippen LogP) is 2.44. The molecule has 0 unspecified atom stereocenters. The monoisotopic (exact) mass is 266 g/mol. The molecule has 0 fully saturated rings. The Bertz CT molecular complexity index is 358. The van der Waals surface area contributed by atoms with Crippen LogP contribution in [0.4, 0.5) is 5.95 Å². The van der Waals surface area contributed by atoms with Crippen molar-refractivity contribution >= 4 is 5.95 Å². The number of hydrogen-bond acceptors (Lipinski definition) is 5. The molecule has 3 N–H and O–H groups in total. The Morgan fingerprint density at radius 1 is 1.32 bits per heavy atom. The highest BCUT2D eigenvalue weighted by Gasteiger charge is 2.24. The quantitative estimate of drug-likeness (QED) is 0.718. The molecule has 0 aliphatic carbocycles. The molecule has 1 aromatic rings.